The van der Waals surface area contributed by atoms with Crippen molar-refractivity contribution >= 4 is 23.2 Å². The summed E-state index contributed by atoms with van der Waals surface area (Å²) in [6, 6.07) is 3.60. The maximum atomic E-state index is 6.25. The smallest absolute Gasteiger partial charge is 0.141 e. The topological polar surface area (TPSA) is 44.5 Å². The molecule has 2 N–H and O–H groups in total. The van der Waals surface area contributed by atoms with Gasteiger partial charge in [0.1, 0.15) is 11.9 Å². The summed E-state index contributed by atoms with van der Waals surface area (Å²) < 4.78 is 11.4. The number of benzene rings is 1. The largest absolute Gasteiger partial charge is 0.486 e. The van der Waals surface area contributed by atoms with E-state index in [-0.39, 0.29) is 12.1 Å². The summed E-state index contributed by atoms with van der Waals surface area (Å²) in [6.45, 7) is 3.36. The quantitative estimate of drug-likeness (QED) is 0.926. The number of hydrogen-bond donors (Lipinski definition) is 1. The molecule has 19 heavy (non-hydrogen) atoms. The fourth-order valence-corrected chi connectivity index (χ4v) is 2.80. The van der Waals surface area contributed by atoms with Gasteiger partial charge in [-0.3, -0.25) is 0 Å². The lowest BCUT2D eigenvalue weighted by Gasteiger charge is -2.25. The Morgan fingerprint density at radius 1 is 1.47 bits per heavy atom. The molecule has 5 heteroatoms. The molecule has 1 aliphatic heterocycles. The summed E-state index contributed by atoms with van der Waals surface area (Å²) in [5, 5.41) is 1.14. The molecule has 0 aliphatic carbocycles. The molecule has 0 saturated carbocycles. The van der Waals surface area contributed by atoms with Crippen LogP contribution in [0.1, 0.15) is 25.3 Å². The molecule has 1 aromatic carbocycles. The van der Waals surface area contributed by atoms with Gasteiger partial charge in [-0.1, -0.05) is 23.2 Å². The molecule has 0 bridgehead atoms. The van der Waals surface area contributed by atoms with E-state index in [1.165, 1.54) is 0 Å². The van der Waals surface area contributed by atoms with E-state index in [9.17, 15) is 0 Å². The lowest BCUT2D eigenvalue weighted by atomic mass is 10.1. The Labute approximate surface area is 124 Å². The highest BCUT2D eigenvalue weighted by molar-refractivity contribution is 6.35. The van der Waals surface area contributed by atoms with Crippen molar-refractivity contribution in [2.75, 3.05) is 13.2 Å². The fraction of sp³-hybridized carbons (Fsp3) is 0.571. The maximum absolute atomic E-state index is 6.25. The van der Waals surface area contributed by atoms with Crippen LogP contribution in [0.3, 0.4) is 0 Å². The summed E-state index contributed by atoms with van der Waals surface area (Å²) in [5.74, 6) is 0.693. The van der Waals surface area contributed by atoms with Crippen molar-refractivity contribution in [3.8, 4) is 5.75 Å². The first-order chi connectivity index (χ1) is 9.06. The van der Waals surface area contributed by atoms with Crippen LogP contribution in [0.15, 0.2) is 12.1 Å². The molecule has 2 rings (SSSR count). The van der Waals surface area contributed by atoms with Crippen molar-refractivity contribution in [3.05, 3.63) is 27.7 Å². The highest BCUT2D eigenvalue weighted by atomic mass is 35.5. The van der Waals surface area contributed by atoms with E-state index >= 15 is 0 Å². The average molecular weight is 304 g/mol. The van der Waals surface area contributed by atoms with Crippen LogP contribution >= 0.6 is 23.2 Å². The minimum Gasteiger partial charge on any atom is -0.486 e. The van der Waals surface area contributed by atoms with Crippen LogP contribution in [0.25, 0.3) is 0 Å². The zero-order valence-corrected chi connectivity index (χ0v) is 12.5. The zero-order chi connectivity index (χ0) is 13.8. The van der Waals surface area contributed by atoms with Crippen LogP contribution in [-0.4, -0.2) is 25.4 Å². The summed E-state index contributed by atoms with van der Waals surface area (Å²) >= 11 is 12.3. The van der Waals surface area contributed by atoms with Gasteiger partial charge in [0.15, 0.2) is 0 Å². The Bertz CT molecular complexity index is 432. The molecule has 1 saturated heterocycles. The third-order valence-corrected chi connectivity index (χ3v) is 3.53. The number of ether oxygens (including phenoxy) is 2. The van der Waals surface area contributed by atoms with Crippen molar-refractivity contribution < 1.29 is 9.47 Å². The predicted octanol–water partition coefficient (Wildman–Crippen LogP) is 3.44. The summed E-state index contributed by atoms with van der Waals surface area (Å²) in [5.41, 5.74) is 6.82. The van der Waals surface area contributed by atoms with Gasteiger partial charge < -0.3 is 15.2 Å². The SMILES string of the molecule is CC(N)Cc1cc(Cl)cc(Cl)c1OC1CCCOC1. The molecule has 2 unspecified atom stereocenters. The normalized spacial score (nSPS) is 21.2. The molecule has 3 nitrogen and oxygen atoms in total. The number of nitrogens with two attached hydrogens (primary N) is 1. The molecular weight excluding hydrogens is 285 g/mol. The van der Waals surface area contributed by atoms with E-state index in [1.54, 1.807) is 6.07 Å². The number of rotatable bonds is 4. The van der Waals surface area contributed by atoms with Crippen molar-refractivity contribution in [2.45, 2.75) is 38.3 Å². The van der Waals surface area contributed by atoms with Gasteiger partial charge in [-0.25, -0.2) is 0 Å². The number of halogens is 2. The Kier molecular flexibility index (Phi) is 5.34. The Morgan fingerprint density at radius 2 is 2.26 bits per heavy atom. The molecule has 0 spiro atoms. The average Bonchev–Trinajstić information content (AvgIpc) is 2.34. The van der Waals surface area contributed by atoms with E-state index < -0.39 is 0 Å². The summed E-state index contributed by atoms with van der Waals surface area (Å²) in [7, 11) is 0. The minimum atomic E-state index is 0.0273. The van der Waals surface area contributed by atoms with Gasteiger partial charge in [-0.05, 0) is 43.9 Å². The van der Waals surface area contributed by atoms with Gasteiger partial charge in [0, 0.05) is 17.7 Å². The third-order valence-electron chi connectivity index (χ3n) is 3.03. The highest BCUT2D eigenvalue weighted by Crippen LogP contribution is 2.34. The van der Waals surface area contributed by atoms with Crippen LogP contribution in [0.2, 0.25) is 10.0 Å². The maximum Gasteiger partial charge on any atom is 0.141 e. The summed E-state index contributed by atoms with van der Waals surface area (Å²) in [4.78, 5) is 0. The van der Waals surface area contributed by atoms with Crippen molar-refractivity contribution in [2.24, 2.45) is 5.73 Å². The van der Waals surface area contributed by atoms with Crippen molar-refractivity contribution in [1.29, 1.82) is 0 Å². The van der Waals surface area contributed by atoms with Crippen LogP contribution < -0.4 is 10.5 Å². The second-order valence-corrected chi connectivity index (χ2v) is 5.86. The molecule has 2 atom stereocenters. The van der Waals surface area contributed by atoms with E-state index in [2.05, 4.69) is 0 Å². The Balaban J connectivity index is 2.20. The van der Waals surface area contributed by atoms with Crippen LogP contribution in [0.4, 0.5) is 0 Å². The molecular formula is C14H19Cl2NO2. The predicted molar refractivity (Wildman–Crippen MR) is 78.3 cm³/mol. The van der Waals surface area contributed by atoms with Crippen LogP contribution in [-0.2, 0) is 11.2 Å². The lowest BCUT2D eigenvalue weighted by molar-refractivity contribution is 0.00707. The third kappa shape index (κ3) is 4.25. The standard InChI is InChI=1S/C14H19Cl2NO2/c1-9(17)5-10-6-11(15)7-13(16)14(10)19-12-3-2-4-18-8-12/h6-7,9,12H,2-5,8,17H2,1H3. The second-order valence-electron chi connectivity index (χ2n) is 5.01. The van der Waals surface area contributed by atoms with Gasteiger partial charge in [0.05, 0.1) is 11.6 Å². The lowest BCUT2D eigenvalue weighted by Crippen LogP contribution is -2.29. The second kappa shape index (κ2) is 6.80. The molecule has 0 aromatic heterocycles. The first-order valence-corrected chi connectivity index (χ1v) is 7.29. The van der Waals surface area contributed by atoms with Crippen LogP contribution in [0.5, 0.6) is 5.75 Å². The number of hydrogen-bond acceptors (Lipinski definition) is 3. The first kappa shape index (κ1) is 14.9. The zero-order valence-electron chi connectivity index (χ0n) is 11.0. The Hall–Kier alpha value is -0.480. The molecule has 106 valence electrons. The molecule has 1 aliphatic rings. The van der Waals surface area contributed by atoms with Crippen molar-refractivity contribution in [3.63, 3.8) is 0 Å². The van der Waals surface area contributed by atoms with E-state index in [0.717, 1.165) is 25.0 Å². The highest BCUT2D eigenvalue weighted by Gasteiger charge is 2.20. The molecule has 0 amide bonds. The molecule has 1 heterocycles. The molecule has 0 radical (unpaired) electrons. The summed E-state index contributed by atoms with van der Waals surface area (Å²) in [6.07, 6.45) is 2.73. The molecule has 1 aromatic rings. The van der Waals surface area contributed by atoms with Crippen LogP contribution in [0, 0.1) is 0 Å². The van der Waals surface area contributed by atoms with Gasteiger partial charge >= 0.3 is 0 Å². The van der Waals surface area contributed by atoms with Gasteiger partial charge in [-0.2, -0.15) is 0 Å². The van der Waals surface area contributed by atoms with Gasteiger partial charge in [0.2, 0.25) is 0 Å². The molecule has 1 fully saturated rings. The first-order valence-electron chi connectivity index (χ1n) is 6.54. The van der Waals surface area contributed by atoms with E-state index in [1.807, 2.05) is 13.0 Å². The fourth-order valence-electron chi connectivity index (χ4n) is 2.21. The van der Waals surface area contributed by atoms with Crippen molar-refractivity contribution in [1.82, 2.24) is 0 Å². The van der Waals surface area contributed by atoms with Gasteiger partial charge in [0.25, 0.3) is 0 Å². The van der Waals surface area contributed by atoms with E-state index in [0.29, 0.717) is 28.8 Å². The van der Waals surface area contributed by atoms with E-state index in [4.69, 9.17) is 38.4 Å². The minimum absolute atomic E-state index is 0.0273. The van der Waals surface area contributed by atoms with Gasteiger partial charge in [-0.15, -0.1) is 0 Å². The monoisotopic (exact) mass is 303 g/mol. The Morgan fingerprint density at radius 3 is 2.89 bits per heavy atom.